The molecule has 2 bridgehead atoms. The van der Waals surface area contributed by atoms with E-state index in [0.717, 1.165) is 58.0 Å². The van der Waals surface area contributed by atoms with Crippen molar-refractivity contribution in [2.24, 2.45) is 5.41 Å². The van der Waals surface area contributed by atoms with Crippen molar-refractivity contribution in [2.75, 3.05) is 0 Å². The van der Waals surface area contributed by atoms with Crippen LogP contribution < -0.4 is 9.30 Å². The molecule has 3 fully saturated rings. The number of para-hydroxylation sites is 3. The van der Waals surface area contributed by atoms with Crippen molar-refractivity contribution in [1.29, 1.82) is 0 Å². The van der Waals surface area contributed by atoms with Crippen molar-refractivity contribution in [3.05, 3.63) is 199 Å². The summed E-state index contributed by atoms with van der Waals surface area (Å²) in [7, 11) is 0. The number of fused-ring (bicyclic) bond motifs is 4. The average molecular weight is 1020 g/mol. The molecule has 13 rings (SSSR count). The summed E-state index contributed by atoms with van der Waals surface area (Å²) in [5.74, 6) is 1.58. The molecule has 316 valence electrons. The first-order valence-corrected chi connectivity index (χ1v) is 21.2. The molecule has 5 nitrogen and oxygen atoms in total. The summed E-state index contributed by atoms with van der Waals surface area (Å²) in [6, 6.07) is 34.9. The van der Waals surface area contributed by atoms with E-state index in [9.17, 15) is 5.48 Å². The number of aromatic nitrogens is 4. The topological polar surface area (TPSA) is 35.9 Å². The van der Waals surface area contributed by atoms with Crippen LogP contribution in [0.1, 0.15) is 71.8 Å². The van der Waals surface area contributed by atoms with Crippen LogP contribution in [0.4, 0.5) is 0 Å². The van der Waals surface area contributed by atoms with Crippen LogP contribution in [0.15, 0.2) is 170 Å². The zero-order valence-corrected chi connectivity index (χ0v) is 37.8. The van der Waals surface area contributed by atoms with Crippen molar-refractivity contribution >= 4 is 32.8 Å². The van der Waals surface area contributed by atoms with Gasteiger partial charge in [0, 0.05) is 44.3 Å². The minimum absolute atomic E-state index is 0. The van der Waals surface area contributed by atoms with E-state index in [4.69, 9.17) is 17.9 Å². The Hall–Kier alpha value is -6.55. The van der Waals surface area contributed by atoms with Gasteiger partial charge in [0.05, 0.1) is 30.4 Å². The first-order valence-electron chi connectivity index (χ1n) is 26.2. The molecule has 0 amide bonds. The van der Waals surface area contributed by atoms with Crippen LogP contribution in [-0.2, 0) is 31.9 Å². The summed E-state index contributed by atoms with van der Waals surface area (Å²) in [6.45, 7) is 8.74. The Morgan fingerprint density at radius 1 is 0.703 bits per heavy atom. The van der Waals surface area contributed by atoms with Gasteiger partial charge in [-0.05, 0) is 98.2 Å². The normalized spacial score (nSPS) is 20.0. The summed E-state index contributed by atoms with van der Waals surface area (Å²) in [5.41, 5.74) is 5.68. The Kier molecular flexibility index (Phi) is 7.17. The Balaban J connectivity index is 0.00000588. The zero-order chi connectivity index (χ0) is 51.2. The van der Waals surface area contributed by atoms with E-state index in [1.54, 1.807) is 15.2 Å². The molecule has 3 saturated carbocycles. The maximum Gasteiger partial charge on any atom is 0.268 e. The van der Waals surface area contributed by atoms with E-state index in [1.807, 2.05) is 85.1 Å². The van der Waals surface area contributed by atoms with Gasteiger partial charge in [-0.15, -0.1) is 29.7 Å². The monoisotopic (exact) mass is 1020 g/mol. The van der Waals surface area contributed by atoms with E-state index in [0.29, 0.717) is 28.2 Å². The van der Waals surface area contributed by atoms with Gasteiger partial charge in [0.25, 0.3) is 6.33 Å². The predicted molar refractivity (Wildman–Crippen MR) is 253 cm³/mol. The van der Waals surface area contributed by atoms with Crippen LogP contribution in [0.25, 0.3) is 72.3 Å². The molecule has 3 heterocycles. The van der Waals surface area contributed by atoms with Crippen LogP contribution in [0.5, 0.6) is 11.5 Å². The summed E-state index contributed by atoms with van der Waals surface area (Å²) >= 11 is 0. The number of ether oxygens (including phenoxy) is 1. The maximum atomic E-state index is 9.31. The molecular formula is C58H46N4OPt-2. The van der Waals surface area contributed by atoms with Gasteiger partial charge in [-0.3, -0.25) is 4.57 Å². The summed E-state index contributed by atoms with van der Waals surface area (Å²) in [6.07, 6.45) is 7.89. The van der Waals surface area contributed by atoms with E-state index >= 15 is 0 Å². The van der Waals surface area contributed by atoms with Gasteiger partial charge in [0.1, 0.15) is 5.82 Å². The molecule has 10 aromatic rings. The second kappa shape index (κ2) is 15.0. The van der Waals surface area contributed by atoms with Crippen LogP contribution in [0, 0.1) is 23.9 Å². The van der Waals surface area contributed by atoms with Gasteiger partial charge in [-0.1, -0.05) is 148 Å². The molecule has 0 saturated heterocycles. The number of pyridine rings is 1. The van der Waals surface area contributed by atoms with Crippen LogP contribution in [0.3, 0.4) is 0 Å². The number of imidazole rings is 1. The molecule has 3 aliphatic carbocycles. The fourth-order valence-electron chi connectivity index (χ4n) is 10.3. The standard InChI is InChI=1S/C58H46N4O.Pt/c1-56(2,3)41-28-29-59-54(32-41)62-50-23-12-11-22-46(50)47-27-26-45(34-53(47)62)63-44-21-15-20-43(33-44)60-38-61(52-25-14-13-24-51(52)60)55-48(39-16-7-5-8-17-39)30-42(58-35-57(4,36-58)37-58)31-49(55)40-18-9-6-10-19-40;/h5-32H,35-37H2,1-4H3;/q-2;/i5D,6D,7D,8D,9D,10D,16D,17D,18D,19D;. The molecule has 3 aliphatic rings. The molecule has 0 spiro atoms. The van der Waals surface area contributed by atoms with E-state index in [-0.39, 0.29) is 65.3 Å². The molecule has 0 aliphatic heterocycles. The molecule has 0 radical (unpaired) electrons. The van der Waals surface area contributed by atoms with Gasteiger partial charge < -0.3 is 13.9 Å². The van der Waals surface area contributed by atoms with Crippen LogP contribution >= 0.6 is 0 Å². The number of hydrogen-bond donors (Lipinski definition) is 0. The van der Waals surface area contributed by atoms with E-state index in [1.165, 1.54) is 0 Å². The third-order valence-electron chi connectivity index (χ3n) is 13.0. The molecule has 7 aromatic carbocycles. The van der Waals surface area contributed by atoms with E-state index < -0.39 is 60.4 Å². The van der Waals surface area contributed by atoms with Gasteiger partial charge in [-0.25, -0.2) is 4.98 Å². The molecule has 0 N–H and O–H groups in total. The SMILES string of the molecule is [2H]c1c([2H])c([2H])c(-c2cc(C34CC(C)(C3)C4)cc(-c3c([2H])c([2H])c([2H])c([2H])c3[2H])c2-[n+]2[c-]n(-c3[c-]c(Oc4[c-]c5c(cc4)c4ccccc4n5-c4cc(C(C)(C)C)ccn4)ccc3)c3ccccc32)c([2H])c1[2H].[Pt]. The fraction of sp³-hybridized carbons (Fsp3) is 0.172. The average Bonchev–Trinajstić information content (AvgIpc) is 3.91. The van der Waals surface area contributed by atoms with Crippen molar-refractivity contribution in [1.82, 2.24) is 14.1 Å². The molecule has 0 unspecified atom stereocenters. The van der Waals surface area contributed by atoms with Crippen molar-refractivity contribution in [3.8, 4) is 50.9 Å². The van der Waals surface area contributed by atoms with Gasteiger partial charge in [0.15, 0.2) is 0 Å². The number of nitrogens with zero attached hydrogens (tertiary/aromatic N) is 4. The fourth-order valence-corrected chi connectivity index (χ4v) is 10.3. The second-order valence-electron chi connectivity index (χ2n) is 18.4. The van der Waals surface area contributed by atoms with Gasteiger partial charge in [-0.2, -0.15) is 18.2 Å². The quantitative estimate of drug-likeness (QED) is 0.112. The van der Waals surface area contributed by atoms with Gasteiger partial charge >= 0.3 is 0 Å². The Bertz CT molecular complexity index is 3860. The molecular weight excluding hydrogens is 964 g/mol. The molecule has 6 heteroatoms. The van der Waals surface area contributed by atoms with Crippen LogP contribution in [-0.4, -0.2) is 14.1 Å². The summed E-state index contributed by atoms with van der Waals surface area (Å²) in [5, 5.41) is 2.03. The summed E-state index contributed by atoms with van der Waals surface area (Å²) < 4.78 is 102. The first-order chi connectivity index (χ1) is 34.8. The Morgan fingerprint density at radius 3 is 2.05 bits per heavy atom. The Labute approximate surface area is 402 Å². The predicted octanol–water partition coefficient (Wildman–Crippen LogP) is 13.7. The van der Waals surface area contributed by atoms with Crippen LogP contribution in [0.2, 0.25) is 0 Å². The minimum Gasteiger partial charge on any atom is -0.510 e. The number of hydrogen-bond acceptors (Lipinski definition) is 2. The largest absolute Gasteiger partial charge is 0.510 e. The molecule has 64 heavy (non-hydrogen) atoms. The number of benzene rings is 7. The maximum absolute atomic E-state index is 9.31. The smallest absolute Gasteiger partial charge is 0.268 e. The third-order valence-corrected chi connectivity index (χ3v) is 13.0. The van der Waals surface area contributed by atoms with Crippen molar-refractivity contribution < 1.29 is 44.1 Å². The first kappa shape index (κ1) is 30.5. The number of rotatable bonds is 8. The third kappa shape index (κ3) is 6.55. The zero-order valence-electron chi connectivity index (χ0n) is 45.5. The molecule has 3 aromatic heterocycles. The van der Waals surface area contributed by atoms with Crippen molar-refractivity contribution in [3.63, 3.8) is 0 Å². The molecule has 0 atom stereocenters. The Morgan fingerprint density at radius 2 is 1.36 bits per heavy atom. The summed E-state index contributed by atoms with van der Waals surface area (Å²) in [4.78, 5) is 4.82. The van der Waals surface area contributed by atoms with Gasteiger partial charge in [0.2, 0.25) is 0 Å². The minimum atomic E-state index is -0.550. The van der Waals surface area contributed by atoms with E-state index in [2.05, 4.69) is 68.9 Å². The van der Waals surface area contributed by atoms with Crippen molar-refractivity contribution in [2.45, 2.75) is 57.8 Å². The second-order valence-corrected chi connectivity index (χ2v) is 18.4.